The van der Waals surface area contributed by atoms with E-state index in [4.69, 9.17) is 10.6 Å². The van der Waals surface area contributed by atoms with Crippen LogP contribution < -0.4 is 10.6 Å². The zero-order chi connectivity index (χ0) is 19.4. The second-order valence-corrected chi connectivity index (χ2v) is 8.05. The van der Waals surface area contributed by atoms with Crippen LogP contribution in [-0.2, 0) is 4.79 Å². The number of ether oxygens (including phenoxy) is 1. The number of amides is 1. The predicted molar refractivity (Wildman–Crippen MR) is 107 cm³/mol. The van der Waals surface area contributed by atoms with Gasteiger partial charge in [-0.15, -0.1) is 10.2 Å². The third kappa shape index (κ3) is 4.55. The molecule has 0 saturated heterocycles. The third-order valence-electron chi connectivity index (χ3n) is 5.26. The van der Waals surface area contributed by atoms with Crippen LogP contribution in [0, 0.1) is 5.92 Å². The number of thioether (sulfide) groups is 1. The number of hydrogen-bond donors (Lipinski definition) is 1. The van der Waals surface area contributed by atoms with Crippen molar-refractivity contribution in [3.8, 4) is 17.1 Å². The fraction of sp³-hybridized carbons (Fsp3) is 0.526. The number of hydrogen-bond acceptors (Lipinski definition) is 6. The van der Waals surface area contributed by atoms with E-state index in [-0.39, 0.29) is 5.91 Å². The van der Waals surface area contributed by atoms with Gasteiger partial charge in [-0.3, -0.25) is 4.79 Å². The third-order valence-corrected chi connectivity index (χ3v) is 6.19. The highest BCUT2D eigenvalue weighted by Gasteiger charge is 2.25. The van der Waals surface area contributed by atoms with Crippen molar-refractivity contribution >= 4 is 17.7 Å². The standard InChI is InChI=1S/C19H27N5O2S/c1-13-4-8-15(9-5-13)23(2)17(25)12-27-19-22-21-18(24(19)20)14-6-10-16(26-3)11-7-14/h6-7,10-11,13,15H,4-5,8-9,12,20H2,1-3H3. The zero-order valence-corrected chi connectivity index (χ0v) is 16.9. The van der Waals surface area contributed by atoms with Gasteiger partial charge in [-0.05, 0) is 55.9 Å². The van der Waals surface area contributed by atoms with Crippen molar-refractivity contribution in [3.63, 3.8) is 0 Å². The lowest BCUT2D eigenvalue weighted by Gasteiger charge is -2.33. The Morgan fingerprint density at radius 1 is 1.26 bits per heavy atom. The van der Waals surface area contributed by atoms with Gasteiger partial charge in [-0.2, -0.15) is 0 Å². The van der Waals surface area contributed by atoms with Gasteiger partial charge in [0.1, 0.15) is 5.75 Å². The second-order valence-electron chi connectivity index (χ2n) is 7.11. The summed E-state index contributed by atoms with van der Waals surface area (Å²) in [5, 5.41) is 8.83. The van der Waals surface area contributed by atoms with E-state index in [1.54, 1.807) is 7.11 Å². The molecule has 1 aliphatic carbocycles. The van der Waals surface area contributed by atoms with Gasteiger partial charge >= 0.3 is 0 Å². The largest absolute Gasteiger partial charge is 0.497 e. The smallest absolute Gasteiger partial charge is 0.233 e. The molecule has 2 aromatic rings. The molecule has 1 fully saturated rings. The topological polar surface area (TPSA) is 86.3 Å². The molecule has 1 heterocycles. The average Bonchev–Trinajstić information content (AvgIpc) is 3.06. The summed E-state index contributed by atoms with van der Waals surface area (Å²) in [5.41, 5.74) is 0.845. The highest BCUT2D eigenvalue weighted by Crippen LogP contribution is 2.28. The van der Waals surface area contributed by atoms with E-state index in [1.807, 2.05) is 36.2 Å². The Labute approximate surface area is 164 Å². The number of nitrogens with zero attached hydrogens (tertiary/aromatic N) is 4. The Morgan fingerprint density at radius 2 is 1.93 bits per heavy atom. The Balaban J connectivity index is 1.59. The number of carbonyl (C=O) groups is 1. The minimum atomic E-state index is 0.105. The van der Waals surface area contributed by atoms with E-state index in [0.717, 1.165) is 30.1 Å². The first-order valence-corrected chi connectivity index (χ1v) is 10.2. The zero-order valence-electron chi connectivity index (χ0n) is 16.1. The van der Waals surface area contributed by atoms with Gasteiger partial charge in [0, 0.05) is 18.7 Å². The summed E-state index contributed by atoms with van der Waals surface area (Å²) >= 11 is 1.32. The van der Waals surface area contributed by atoms with Crippen LogP contribution in [0.2, 0.25) is 0 Å². The molecule has 1 saturated carbocycles. The first-order chi connectivity index (χ1) is 13.0. The normalized spacial score (nSPS) is 19.7. The molecule has 7 nitrogen and oxygen atoms in total. The highest BCUT2D eigenvalue weighted by atomic mass is 32.2. The van der Waals surface area contributed by atoms with Crippen molar-refractivity contribution in [1.29, 1.82) is 0 Å². The molecule has 2 N–H and O–H groups in total. The lowest BCUT2D eigenvalue weighted by atomic mass is 9.87. The number of nitrogen functional groups attached to an aromatic ring is 1. The van der Waals surface area contributed by atoms with Gasteiger partial charge < -0.3 is 15.5 Å². The molecule has 1 aromatic heterocycles. The summed E-state index contributed by atoms with van der Waals surface area (Å²) < 4.78 is 6.60. The molecule has 1 aliphatic rings. The molecule has 3 rings (SSSR count). The number of benzene rings is 1. The second kappa shape index (κ2) is 8.65. The molecule has 0 unspecified atom stereocenters. The van der Waals surface area contributed by atoms with Crippen molar-refractivity contribution < 1.29 is 9.53 Å². The van der Waals surface area contributed by atoms with E-state index in [9.17, 15) is 4.79 Å². The van der Waals surface area contributed by atoms with Crippen LogP contribution in [0.1, 0.15) is 32.6 Å². The summed E-state index contributed by atoms with van der Waals surface area (Å²) in [6.45, 7) is 2.28. The first kappa shape index (κ1) is 19.5. The van der Waals surface area contributed by atoms with Gasteiger partial charge in [0.05, 0.1) is 12.9 Å². The average molecular weight is 390 g/mol. The summed E-state index contributed by atoms with van der Waals surface area (Å²) in [6.07, 6.45) is 4.56. The first-order valence-electron chi connectivity index (χ1n) is 9.23. The number of nitrogens with two attached hydrogens (primary N) is 1. The summed E-state index contributed by atoms with van der Waals surface area (Å²) in [4.78, 5) is 14.4. The number of methoxy groups -OCH3 is 1. The van der Waals surface area contributed by atoms with Gasteiger partial charge in [0.25, 0.3) is 0 Å². The van der Waals surface area contributed by atoms with Crippen LogP contribution in [0.25, 0.3) is 11.4 Å². The monoisotopic (exact) mass is 389 g/mol. The SMILES string of the molecule is COc1ccc(-c2nnc(SCC(=O)N(C)C3CCC(C)CC3)n2N)cc1. The minimum Gasteiger partial charge on any atom is -0.497 e. The Morgan fingerprint density at radius 3 is 2.56 bits per heavy atom. The van der Waals surface area contributed by atoms with Gasteiger partial charge in [0.15, 0.2) is 5.82 Å². The molecule has 0 radical (unpaired) electrons. The van der Waals surface area contributed by atoms with Crippen LogP contribution in [-0.4, -0.2) is 51.6 Å². The van der Waals surface area contributed by atoms with E-state index in [0.29, 0.717) is 22.8 Å². The summed E-state index contributed by atoms with van der Waals surface area (Å²) in [7, 11) is 3.52. The number of aromatic nitrogens is 3. The van der Waals surface area contributed by atoms with Gasteiger partial charge in [0.2, 0.25) is 11.1 Å². The molecule has 0 spiro atoms. The fourth-order valence-corrected chi connectivity index (χ4v) is 4.15. The Kier molecular flexibility index (Phi) is 6.26. The summed E-state index contributed by atoms with van der Waals surface area (Å²) in [6, 6.07) is 7.80. The van der Waals surface area contributed by atoms with Gasteiger partial charge in [-0.25, -0.2) is 4.68 Å². The molecule has 8 heteroatoms. The maximum absolute atomic E-state index is 12.5. The van der Waals surface area contributed by atoms with E-state index in [2.05, 4.69) is 17.1 Å². The van der Waals surface area contributed by atoms with Crippen LogP contribution in [0.15, 0.2) is 29.4 Å². The van der Waals surface area contributed by atoms with Crippen LogP contribution in [0.4, 0.5) is 0 Å². The maximum Gasteiger partial charge on any atom is 0.233 e. The highest BCUT2D eigenvalue weighted by molar-refractivity contribution is 7.99. The summed E-state index contributed by atoms with van der Waals surface area (Å²) in [5.74, 6) is 8.65. The number of carbonyl (C=O) groups excluding carboxylic acids is 1. The van der Waals surface area contributed by atoms with E-state index < -0.39 is 0 Å². The van der Waals surface area contributed by atoms with Crippen molar-refractivity contribution in [3.05, 3.63) is 24.3 Å². The van der Waals surface area contributed by atoms with Crippen molar-refractivity contribution in [2.24, 2.45) is 5.92 Å². The Hall–Kier alpha value is -2.22. The van der Waals surface area contributed by atoms with Crippen molar-refractivity contribution in [2.75, 3.05) is 25.8 Å². The van der Waals surface area contributed by atoms with Crippen LogP contribution in [0.5, 0.6) is 5.75 Å². The van der Waals surface area contributed by atoms with E-state index >= 15 is 0 Å². The lowest BCUT2D eigenvalue weighted by Crippen LogP contribution is -2.40. The lowest BCUT2D eigenvalue weighted by molar-refractivity contribution is -0.129. The molecule has 1 aromatic carbocycles. The van der Waals surface area contributed by atoms with Crippen LogP contribution >= 0.6 is 11.8 Å². The molecular weight excluding hydrogens is 362 g/mol. The van der Waals surface area contributed by atoms with Crippen LogP contribution in [0.3, 0.4) is 0 Å². The van der Waals surface area contributed by atoms with Crippen molar-refractivity contribution in [2.45, 2.75) is 43.8 Å². The molecule has 146 valence electrons. The molecule has 0 bridgehead atoms. The molecule has 1 amide bonds. The van der Waals surface area contributed by atoms with Gasteiger partial charge in [-0.1, -0.05) is 18.7 Å². The quantitative estimate of drug-likeness (QED) is 0.604. The Bertz CT molecular complexity index is 769. The maximum atomic E-state index is 12.5. The number of rotatable bonds is 6. The fourth-order valence-electron chi connectivity index (χ4n) is 3.37. The molecule has 0 atom stereocenters. The molecular formula is C19H27N5O2S. The predicted octanol–water partition coefficient (Wildman–Crippen LogP) is 2.80. The molecule has 0 aliphatic heterocycles. The van der Waals surface area contributed by atoms with E-state index in [1.165, 1.54) is 29.3 Å². The molecule has 27 heavy (non-hydrogen) atoms. The minimum absolute atomic E-state index is 0.105. The van der Waals surface area contributed by atoms with Crippen molar-refractivity contribution in [1.82, 2.24) is 19.8 Å².